The third-order valence-corrected chi connectivity index (χ3v) is 5.33. The van der Waals surface area contributed by atoms with E-state index >= 15 is 0 Å². The monoisotopic (exact) mass is 384 g/mol. The van der Waals surface area contributed by atoms with Gasteiger partial charge < -0.3 is 19.6 Å². The van der Waals surface area contributed by atoms with E-state index in [-0.39, 0.29) is 11.9 Å². The summed E-state index contributed by atoms with van der Waals surface area (Å²) in [6.07, 6.45) is 3.73. The third-order valence-electron chi connectivity index (χ3n) is 5.33. The van der Waals surface area contributed by atoms with Gasteiger partial charge in [-0.3, -0.25) is 4.79 Å². The lowest BCUT2D eigenvalue weighted by molar-refractivity contribution is -0.130. The number of carbonyl (C=O) groups is 2. The minimum atomic E-state index is -0.0921. The largest absolute Gasteiger partial charge is 0.365 e. The van der Waals surface area contributed by atoms with Gasteiger partial charge in [-0.2, -0.15) is 0 Å². The Labute approximate surface area is 165 Å². The number of hydrogen-bond donors (Lipinski definition) is 1. The SMILES string of the molecule is CCN(CC)C(=O)Cc1ccc(NC(=O)N2CCC(c3ccon3)CC2)cc1. The summed E-state index contributed by atoms with van der Waals surface area (Å²) in [7, 11) is 0. The predicted octanol–water partition coefficient (Wildman–Crippen LogP) is 3.50. The second kappa shape index (κ2) is 9.39. The van der Waals surface area contributed by atoms with Crippen LogP contribution in [0.3, 0.4) is 0 Å². The highest BCUT2D eigenvalue weighted by atomic mass is 16.5. The maximum absolute atomic E-state index is 12.5. The summed E-state index contributed by atoms with van der Waals surface area (Å²) < 4.78 is 4.91. The Morgan fingerprint density at radius 3 is 2.39 bits per heavy atom. The van der Waals surface area contributed by atoms with Crippen LogP contribution in [0.2, 0.25) is 0 Å². The van der Waals surface area contributed by atoms with E-state index in [0.717, 1.165) is 42.9 Å². The molecule has 3 rings (SSSR count). The van der Waals surface area contributed by atoms with Gasteiger partial charge in [-0.05, 0) is 44.4 Å². The van der Waals surface area contributed by atoms with Crippen LogP contribution >= 0.6 is 0 Å². The lowest BCUT2D eigenvalue weighted by Gasteiger charge is -2.31. The van der Waals surface area contributed by atoms with Crippen molar-refractivity contribution < 1.29 is 14.1 Å². The van der Waals surface area contributed by atoms with Crippen molar-refractivity contribution in [3.63, 3.8) is 0 Å². The van der Waals surface area contributed by atoms with E-state index in [1.807, 2.05) is 54.0 Å². The van der Waals surface area contributed by atoms with Crippen molar-refractivity contribution in [2.75, 3.05) is 31.5 Å². The van der Waals surface area contributed by atoms with E-state index in [4.69, 9.17) is 4.52 Å². The molecule has 0 unspecified atom stereocenters. The molecule has 1 aliphatic rings. The average Bonchev–Trinajstić information content (AvgIpc) is 3.25. The number of nitrogens with one attached hydrogen (secondary N) is 1. The second-order valence-corrected chi connectivity index (χ2v) is 7.06. The third kappa shape index (κ3) is 4.91. The molecular weight excluding hydrogens is 356 g/mol. The van der Waals surface area contributed by atoms with Crippen molar-refractivity contribution in [3.05, 3.63) is 47.9 Å². The molecule has 2 aromatic rings. The number of rotatable bonds is 6. The molecule has 1 fully saturated rings. The van der Waals surface area contributed by atoms with Gasteiger partial charge in [-0.25, -0.2) is 4.79 Å². The fourth-order valence-electron chi connectivity index (χ4n) is 3.58. The zero-order chi connectivity index (χ0) is 19.9. The van der Waals surface area contributed by atoms with Gasteiger partial charge in [0, 0.05) is 43.9 Å². The summed E-state index contributed by atoms with van der Waals surface area (Å²) >= 11 is 0. The molecule has 1 saturated heterocycles. The van der Waals surface area contributed by atoms with Crippen LogP contribution in [0.25, 0.3) is 0 Å². The Balaban J connectivity index is 1.49. The summed E-state index contributed by atoms with van der Waals surface area (Å²) in [6, 6.07) is 9.30. The molecule has 0 spiro atoms. The second-order valence-electron chi connectivity index (χ2n) is 7.06. The summed E-state index contributed by atoms with van der Waals surface area (Å²) in [4.78, 5) is 28.4. The van der Waals surface area contributed by atoms with Crippen LogP contribution in [0.4, 0.5) is 10.5 Å². The Morgan fingerprint density at radius 1 is 1.14 bits per heavy atom. The molecule has 2 heterocycles. The van der Waals surface area contributed by atoms with Crippen molar-refractivity contribution in [2.24, 2.45) is 0 Å². The molecule has 0 saturated carbocycles. The topological polar surface area (TPSA) is 78.7 Å². The molecule has 1 aliphatic heterocycles. The first-order chi connectivity index (χ1) is 13.6. The first-order valence-electron chi connectivity index (χ1n) is 9.93. The number of likely N-dealkylation sites (N-methyl/N-ethyl adjacent to an activating group) is 1. The zero-order valence-electron chi connectivity index (χ0n) is 16.6. The first kappa shape index (κ1) is 19.9. The number of hydrogen-bond acceptors (Lipinski definition) is 4. The number of nitrogens with zero attached hydrogens (tertiary/aromatic N) is 3. The smallest absolute Gasteiger partial charge is 0.321 e. The molecule has 28 heavy (non-hydrogen) atoms. The van der Waals surface area contributed by atoms with Crippen molar-refractivity contribution in [2.45, 2.75) is 39.0 Å². The van der Waals surface area contributed by atoms with Crippen molar-refractivity contribution in [3.8, 4) is 0 Å². The van der Waals surface area contributed by atoms with E-state index in [0.29, 0.717) is 25.4 Å². The number of carbonyl (C=O) groups excluding carboxylic acids is 2. The molecule has 7 heteroatoms. The van der Waals surface area contributed by atoms with Crippen molar-refractivity contribution in [1.82, 2.24) is 15.0 Å². The van der Waals surface area contributed by atoms with Gasteiger partial charge in [0.05, 0.1) is 12.1 Å². The Kier molecular flexibility index (Phi) is 6.68. The zero-order valence-corrected chi connectivity index (χ0v) is 16.6. The molecule has 1 aromatic carbocycles. The first-order valence-corrected chi connectivity index (χ1v) is 9.93. The number of amides is 3. The molecule has 150 valence electrons. The van der Waals surface area contributed by atoms with E-state index < -0.39 is 0 Å². The lowest BCUT2D eigenvalue weighted by Crippen LogP contribution is -2.40. The fraction of sp³-hybridized carbons (Fsp3) is 0.476. The number of urea groups is 1. The highest BCUT2D eigenvalue weighted by molar-refractivity contribution is 5.89. The summed E-state index contributed by atoms with van der Waals surface area (Å²) in [6.45, 7) is 6.79. The molecule has 7 nitrogen and oxygen atoms in total. The lowest BCUT2D eigenvalue weighted by atomic mass is 9.94. The van der Waals surface area contributed by atoms with Gasteiger partial charge in [0.25, 0.3) is 0 Å². The molecule has 0 radical (unpaired) electrons. The van der Waals surface area contributed by atoms with E-state index in [9.17, 15) is 9.59 Å². The Morgan fingerprint density at radius 2 is 1.82 bits per heavy atom. The van der Waals surface area contributed by atoms with Gasteiger partial charge in [-0.1, -0.05) is 17.3 Å². The molecule has 1 aromatic heterocycles. The predicted molar refractivity (Wildman–Crippen MR) is 107 cm³/mol. The molecular formula is C21H28N4O3. The normalized spacial score (nSPS) is 14.7. The van der Waals surface area contributed by atoms with Gasteiger partial charge in [-0.15, -0.1) is 0 Å². The Hall–Kier alpha value is -2.83. The van der Waals surface area contributed by atoms with Gasteiger partial charge >= 0.3 is 6.03 Å². The van der Waals surface area contributed by atoms with Gasteiger partial charge in [0.15, 0.2) is 0 Å². The number of aromatic nitrogens is 1. The summed E-state index contributed by atoms with van der Waals surface area (Å²) in [5.74, 6) is 0.474. The van der Waals surface area contributed by atoms with Crippen LogP contribution in [0, 0.1) is 0 Å². The van der Waals surface area contributed by atoms with Crippen LogP contribution in [0.1, 0.15) is 43.9 Å². The molecule has 0 aliphatic carbocycles. The highest BCUT2D eigenvalue weighted by Crippen LogP contribution is 2.27. The van der Waals surface area contributed by atoms with Crippen LogP contribution in [0.5, 0.6) is 0 Å². The fourth-order valence-corrected chi connectivity index (χ4v) is 3.58. The minimum Gasteiger partial charge on any atom is -0.365 e. The van der Waals surface area contributed by atoms with Crippen molar-refractivity contribution in [1.29, 1.82) is 0 Å². The Bertz CT molecular complexity index is 761. The summed E-state index contributed by atoms with van der Waals surface area (Å²) in [5, 5.41) is 6.95. The molecule has 0 atom stereocenters. The quantitative estimate of drug-likeness (QED) is 0.827. The van der Waals surface area contributed by atoms with E-state index in [2.05, 4.69) is 10.5 Å². The average molecular weight is 384 g/mol. The maximum atomic E-state index is 12.5. The summed E-state index contributed by atoms with van der Waals surface area (Å²) in [5.41, 5.74) is 2.65. The van der Waals surface area contributed by atoms with Crippen molar-refractivity contribution >= 4 is 17.6 Å². The molecule has 3 amide bonds. The number of piperidine rings is 1. The molecule has 0 bridgehead atoms. The van der Waals surface area contributed by atoms with Crippen LogP contribution < -0.4 is 5.32 Å². The highest BCUT2D eigenvalue weighted by Gasteiger charge is 2.25. The van der Waals surface area contributed by atoms with Crippen LogP contribution in [-0.4, -0.2) is 53.1 Å². The number of benzene rings is 1. The standard InChI is InChI=1S/C21H28N4O3/c1-3-24(4-2)20(26)15-16-5-7-18(8-6-16)22-21(27)25-12-9-17(10-13-25)19-11-14-28-23-19/h5-8,11,14,17H,3-4,9-10,12-13,15H2,1-2H3,(H,22,27). The van der Waals surface area contributed by atoms with E-state index in [1.54, 1.807) is 6.26 Å². The van der Waals surface area contributed by atoms with Gasteiger partial charge in [0.2, 0.25) is 5.91 Å². The number of anilines is 1. The maximum Gasteiger partial charge on any atom is 0.321 e. The van der Waals surface area contributed by atoms with Crippen LogP contribution in [-0.2, 0) is 11.2 Å². The molecule has 1 N–H and O–H groups in total. The number of likely N-dealkylation sites (tertiary alicyclic amines) is 1. The van der Waals surface area contributed by atoms with Crippen LogP contribution in [0.15, 0.2) is 41.1 Å². The van der Waals surface area contributed by atoms with E-state index in [1.165, 1.54) is 0 Å². The minimum absolute atomic E-state index is 0.0921. The van der Waals surface area contributed by atoms with Gasteiger partial charge in [0.1, 0.15) is 6.26 Å².